The Kier molecular flexibility index (Phi) is 2.88. The van der Waals surface area contributed by atoms with Gasteiger partial charge in [-0.2, -0.15) is 10.4 Å². The van der Waals surface area contributed by atoms with Crippen LogP contribution in [0.2, 0.25) is 0 Å². The molecule has 0 saturated heterocycles. The summed E-state index contributed by atoms with van der Waals surface area (Å²) in [6.45, 7) is 2.81. The second-order valence-corrected chi connectivity index (χ2v) is 3.27. The molecule has 0 amide bonds. The average molecular weight is 213 g/mol. The van der Waals surface area contributed by atoms with Crippen LogP contribution < -0.4 is 4.74 Å². The minimum Gasteiger partial charge on any atom is -0.454 e. The molecule has 2 aromatic rings. The SMILES string of the molecule is CCn1cc(Oc2cccc(C#N)c2)cn1. The number of nitriles is 1. The molecule has 4 heteroatoms. The second kappa shape index (κ2) is 4.49. The van der Waals surface area contributed by atoms with Crippen molar-refractivity contribution in [3.05, 3.63) is 42.2 Å². The number of aromatic nitrogens is 2. The van der Waals surface area contributed by atoms with Crippen molar-refractivity contribution in [3.63, 3.8) is 0 Å². The summed E-state index contributed by atoms with van der Waals surface area (Å²) in [5.41, 5.74) is 0.584. The van der Waals surface area contributed by atoms with Gasteiger partial charge in [-0.3, -0.25) is 4.68 Å². The summed E-state index contributed by atoms with van der Waals surface area (Å²) in [6.07, 6.45) is 3.47. The van der Waals surface area contributed by atoms with E-state index in [-0.39, 0.29) is 0 Å². The Morgan fingerprint density at radius 3 is 3.00 bits per heavy atom. The zero-order chi connectivity index (χ0) is 11.4. The van der Waals surface area contributed by atoms with Gasteiger partial charge in [-0.05, 0) is 25.1 Å². The van der Waals surface area contributed by atoms with E-state index in [0.717, 1.165) is 6.54 Å². The summed E-state index contributed by atoms with van der Waals surface area (Å²) in [6, 6.07) is 9.10. The summed E-state index contributed by atoms with van der Waals surface area (Å²) >= 11 is 0. The van der Waals surface area contributed by atoms with E-state index in [1.807, 2.05) is 19.2 Å². The second-order valence-electron chi connectivity index (χ2n) is 3.27. The van der Waals surface area contributed by atoms with E-state index in [0.29, 0.717) is 17.1 Å². The lowest BCUT2D eigenvalue weighted by Crippen LogP contribution is -1.92. The lowest BCUT2D eigenvalue weighted by Gasteiger charge is -2.01. The highest BCUT2D eigenvalue weighted by Crippen LogP contribution is 2.21. The third-order valence-electron chi connectivity index (χ3n) is 2.13. The molecule has 0 radical (unpaired) electrons. The molecule has 0 unspecified atom stereocenters. The lowest BCUT2D eigenvalue weighted by molar-refractivity contribution is 0.481. The highest BCUT2D eigenvalue weighted by atomic mass is 16.5. The molecule has 0 bridgehead atoms. The molecule has 16 heavy (non-hydrogen) atoms. The minimum atomic E-state index is 0.584. The number of ether oxygens (including phenoxy) is 1. The Morgan fingerprint density at radius 2 is 2.31 bits per heavy atom. The van der Waals surface area contributed by atoms with Gasteiger partial charge in [0, 0.05) is 6.54 Å². The van der Waals surface area contributed by atoms with Crippen LogP contribution >= 0.6 is 0 Å². The largest absolute Gasteiger partial charge is 0.454 e. The fraction of sp³-hybridized carbons (Fsp3) is 0.167. The first-order valence-electron chi connectivity index (χ1n) is 5.02. The van der Waals surface area contributed by atoms with Crippen molar-refractivity contribution < 1.29 is 4.74 Å². The van der Waals surface area contributed by atoms with Crippen LogP contribution in [-0.2, 0) is 6.54 Å². The molecule has 0 aliphatic carbocycles. The molecule has 0 atom stereocenters. The summed E-state index contributed by atoms with van der Waals surface area (Å²) < 4.78 is 7.35. The fourth-order valence-electron chi connectivity index (χ4n) is 1.34. The number of rotatable bonds is 3. The molecule has 0 N–H and O–H groups in total. The van der Waals surface area contributed by atoms with E-state index in [2.05, 4.69) is 11.2 Å². The summed E-state index contributed by atoms with van der Waals surface area (Å²) in [5.74, 6) is 1.33. The number of benzene rings is 1. The monoisotopic (exact) mass is 213 g/mol. The van der Waals surface area contributed by atoms with Crippen molar-refractivity contribution in [1.29, 1.82) is 5.26 Å². The van der Waals surface area contributed by atoms with Gasteiger partial charge in [0.2, 0.25) is 0 Å². The summed E-state index contributed by atoms with van der Waals surface area (Å²) in [5, 5.41) is 12.8. The molecular formula is C12H11N3O. The average Bonchev–Trinajstić information content (AvgIpc) is 2.77. The molecule has 0 spiro atoms. The number of aryl methyl sites for hydroxylation is 1. The van der Waals surface area contributed by atoms with E-state index in [1.54, 1.807) is 29.1 Å². The van der Waals surface area contributed by atoms with Gasteiger partial charge in [-0.15, -0.1) is 0 Å². The van der Waals surface area contributed by atoms with Crippen LogP contribution in [0, 0.1) is 11.3 Å². The predicted octanol–water partition coefficient (Wildman–Crippen LogP) is 2.57. The van der Waals surface area contributed by atoms with Gasteiger partial charge in [-0.25, -0.2) is 0 Å². The van der Waals surface area contributed by atoms with Crippen molar-refractivity contribution in [2.24, 2.45) is 0 Å². The molecule has 1 aromatic carbocycles. The molecule has 80 valence electrons. The molecular weight excluding hydrogens is 202 g/mol. The first-order chi connectivity index (χ1) is 7.81. The Labute approximate surface area is 93.7 Å². The Morgan fingerprint density at radius 1 is 1.44 bits per heavy atom. The van der Waals surface area contributed by atoms with Crippen molar-refractivity contribution in [2.45, 2.75) is 13.5 Å². The van der Waals surface area contributed by atoms with Crippen molar-refractivity contribution >= 4 is 0 Å². The number of nitrogens with zero attached hydrogens (tertiary/aromatic N) is 3. The molecule has 2 rings (SSSR count). The smallest absolute Gasteiger partial charge is 0.165 e. The lowest BCUT2D eigenvalue weighted by atomic mass is 10.2. The van der Waals surface area contributed by atoms with Gasteiger partial charge in [0.25, 0.3) is 0 Å². The van der Waals surface area contributed by atoms with Crippen LogP contribution in [0.15, 0.2) is 36.7 Å². The fourth-order valence-corrected chi connectivity index (χ4v) is 1.34. The van der Waals surface area contributed by atoms with Gasteiger partial charge >= 0.3 is 0 Å². The molecule has 1 aromatic heterocycles. The maximum Gasteiger partial charge on any atom is 0.165 e. The van der Waals surface area contributed by atoms with Crippen LogP contribution in [-0.4, -0.2) is 9.78 Å². The standard InChI is InChI=1S/C12H11N3O/c1-2-15-9-12(8-14-15)16-11-5-3-4-10(6-11)7-13/h3-6,8-9H,2H2,1H3. The molecule has 0 aliphatic rings. The Hall–Kier alpha value is -2.28. The van der Waals surface area contributed by atoms with E-state index in [9.17, 15) is 0 Å². The normalized spacial score (nSPS) is 9.75. The van der Waals surface area contributed by atoms with Crippen LogP contribution in [0.25, 0.3) is 0 Å². The highest BCUT2D eigenvalue weighted by Gasteiger charge is 2.01. The molecule has 0 aliphatic heterocycles. The van der Waals surface area contributed by atoms with Gasteiger partial charge in [0.1, 0.15) is 5.75 Å². The van der Waals surface area contributed by atoms with Crippen LogP contribution in [0.5, 0.6) is 11.5 Å². The van der Waals surface area contributed by atoms with Gasteiger partial charge in [0.05, 0.1) is 24.0 Å². The predicted molar refractivity (Wildman–Crippen MR) is 59.1 cm³/mol. The third-order valence-corrected chi connectivity index (χ3v) is 2.13. The third kappa shape index (κ3) is 2.20. The Bertz CT molecular complexity index is 525. The van der Waals surface area contributed by atoms with E-state index in [1.165, 1.54) is 0 Å². The van der Waals surface area contributed by atoms with Gasteiger partial charge < -0.3 is 4.74 Å². The van der Waals surface area contributed by atoms with Crippen LogP contribution in [0.3, 0.4) is 0 Å². The minimum absolute atomic E-state index is 0.584. The zero-order valence-electron chi connectivity index (χ0n) is 8.92. The molecule has 0 saturated carbocycles. The van der Waals surface area contributed by atoms with Crippen LogP contribution in [0.1, 0.15) is 12.5 Å². The summed E-state index contributed by atoms with van der Waals surface area (Å²) in [7, 11) is 0. The van der Waals surface area contributed by atoms with Crippen molar-refractivity contribution in [1.82, 2.24) is 9.78 Å². The van der Waals surface area contributed by atoms with Crippen molar-refractivity contribution in [3.8, 4) is 17.6 Å². The molecule has 0 fully saturated rings. The quantitative estimate of drug-likeness (QED) is 0.787. The molecule has 1 heterocycles. The van der Waals surface area contributed by atoms with E-state index >= 15 is 0 Å². The number of hydrogen-bond acceptors (Lipinski definition) is 3. The van der Waals surface area contributed by atoms with Gasteiger partial charge in [-0.1, -0.05) is 6.07 Å². The number of hydrogen-bond donors (Lipinski definition) is 0. The van der Waals surface area contributed by atoms with Crippen LogP contribution in [0.4, 0.5) is 0 Å². The first-order valence-corrected chi connectivity index (χ1v) is 5.02. The topological polar surface area (TPSA) is 50.8 Å². The zero-order valence-corrected chi connectivity index (χ0v) is 8.92. The first kappa shape index (κ1) is 10.2. The Balaban J connectivity index is 2.17. The van der Waals surface area contributed by atoms with E-state index in [4.69, 9.17) is 10.00 Å². The van der Waals surface area contributed by atoms with Crippen molar-refractivity contribution in [2.75, 3.05) is 0 Å². The highest BCUT2D eigenvalue weighted by molar-refractivity contribution is 5.38. The van der Waals surface area contributed by atoms with Gasteiger partial charge in [0.15, 0.2) is 5.75 Å². The summed E-state index contributed by atoms with van der Waals surface area (Å²) in [4.78, 5) is 0. The van der Waals surface area contributed by atoms with E-state index < -0.39 is 0 Å². The molecule has 4 nitrogen and oxygen atoms in total. The maximum absolute atomic E-state index is 8.75. The maximum atomic E-state index is 8.75.